The molecule has 1 aliphatic heterocycles. The molecule has 1 fully saturated rings. The highest BCUT2D eigenvalue weighted by Crippen LogP contribution is 2.31. The summed E-state index contributed by atoms with van der Waals surface area (Å²) < 4.78 is 5.35. The first-order valence-corrected chi connectivity index (χ1v) is 11.3. The minimum Gasteiger partial charge on any atom is -0.497 e. The number of benzene rings is 3. The molecule has 2 heterocycles. The minimum absolute atomic E-state index is 0.0206. The van der Waals surface area contributed by atoms with Crippen molar-refractivity contribution < 1.29 is 9.53 Å². The number of piperazine rings is 1. The van der Waals surface area contributed by atoms with Crippen LogP contribution in [-0.4, -0.2) is 49.1 Å². The van der Waals surface area contributed by atoms with E-state index in [4.69, 9.17) is 21.3 Å². The van der Waals surface area contributed by atoms with Gasteiger partial charge in [0, 0.05) is 53.9 Å². The number of carbonyl (C=O) groups excluding carboxylic acids is 1. The second kappa shape index (κ2) is 9.12. The molecular formula is C27H24ClN3O2. The van der Waals surface area contributed by atoms with Crippen molar-refractivity contribution in [1.82, 2.24) is 9.88 Å². The molecular weight excluding hydrogens is 434 g/mol. The first kappa shape index (κ1) is 21.3. The van der Waals surface area contributed by atoms with Crippen molar-refractivity contribution in [2.75, 3.05) is 38.2 Å². The van der Waals surface area contributed by atoms with E-state index in [1.807, 2.05) is 77.7 Å². The van der Waals surface area contributed by atoms with E-state index in [0.717, 1.165) is 41.0 Å². The summed E-state index contributed by atoms with van der Waals surface area (Å²) in [6, 6.07) is 25.3. The number of para-hydroxylation sites is 1. The number of ether oxygens (including phenoxy) is 1. The summed E-state index contributed by atoms with van der Waals surface area (Å²) in [4.78, 5) is 22.6. The smallest absolute Gasteiger partial charge is 0.254 e. The standard InChI is InChI=1S/C27H24ClN3O2/c1-33-20-8-6-7-19(17-20)30-13-15-31(16-14-30)27(32)23-18-26(22-10-2-4-11-24(22)28)29-25-12-5-3-9-21(23)25/h2-12,17-18H,13-16H2,1H3. The Hall–Kier alpha value is -3.57. The molecule has 0 radical (unpaired) electrons. The summed E-state index contributed by atoms with van der Waals surface area (Å²) in [7, 11) is 1.67. The largest absolute Gasteiger partial charge is 0.497 e. The van der Waals surface area contributed by atoms with Crippen LogP contribution in [0.15, 0.2) is 78.9 Å². The number of aromatic nitrogens is 1. The van der Waals surface area contributed by atoms with Gasteiger partial charge in [0.15, 0.2) is 0 Å². The van der Waals surface area contributed by atoms with Gasteiger partial charge in [0.05, 0.1) is 23.9 Å². The van der Waals surface area contributed by atoms with E-state index in [1.165, 1.54) is 0 Å². The quantitative estimate of drug-likeness (QED) is 0.404. The van der Waals surface area contributed by atoms with Crippen LogP contribution < -0.4 is 9.64 Å². The van der Waals surface area contributed by atoms with Crippen molar-refractivity contribution in [3.63, 3.8) is 0 Å². The van der Waals surface area contributed by atoms with Crippen molar-refractivity contribution in [3.8, 4) is 17.0 Å². The zero-order valence-corrected chi connectivity index (χ0v) is 19.1. The Morgan fingerprint density at radius 1 is 0.909 bits per heavy atom. The summed E-state index contributed by atoms with van der Waals surface area (Å²) in [5, 5.41) is 1.47. The number of fused-ring (bicyclic) bond motifs is 1. The number of methoxy groups -OCH3 is 1. The van der Waals surface area contributed by atoms with Gasteiger partial charge in [-0.2, -0.15) is 0 Å². The van der Waals surface area contributed by atoms with Crippen LogP contribution in [0.25, 0.3) is 22.2 Å². The first-order valence-electron chi connectivity index (χ1n) is 11.0. The van der Waals surface area contributed by atoms with Crippen LogP contribution in [0.1, 0.15) is 10.4 Å². The van der Waals surface area contributed by atoms with Gasteiger partial charge in [-0.05, 0) is 30.3 Å². The van der Waals surface area contributed by atoms with E-state index >= 15 is 0 Å². The Bertz CT molecular complexity index is 1320. The lowest BCUT2D eigenvalue weighted by atomic mass is 10.0. The molecule has 0 aliphatic carbocycles. The topological polar surface area (TPSA) is 45.7 Å². The SMILES string of the molecule is COc1cccc(N2CCN(C(=O)c3cc(-c4ccccc4Cl)nc4ccccc34)CC2)c1. The lowest BCUT2D eigenvalue weighted by molar-refractivity contribution is 0.0748. The first-order chi connectivity index (χ1) is 16.1. The normalized spacial score (nSPS) is 13.9. The van der Waals surface area contributed by atoms with Crippen molar-refractivity contribution in [2.45, 2.75) is 0 Å². The number of carbonyl (C=O) groups is 1. The second-order valence-electron chi connectivity index (χ2n) is 8.03. The van der Waals surface area contributed by atoms with Gasteiger partial charge in [0.2, 0.25) is 0 Å². The predicted molar refractivity (Wildman–Crippen MR) is 133 cm³/mol. The maximum atomic E-state index is 13.7. The molecule has 3 aromatic carbocycles. The minimum atomic E-state index is 0.0206. The Kier molecular flexibility index (Phi) is 5.88. The molecule has 0 spiro atoms. The predicted octanol–water partition coefficient (Wildman–Crippen LogP) is 5.53. The van der Waals surface area contributed by atoms with Crippen molar-refractivity contribution in [1.29, 1.82) is 0 Å². The zero-order chi connectivity index (χ0) is 22.8. The highest BCUT2D eigenvalue weighted by atomic mass is 35.5. The highest BCUT2D eigenvalue weighted by Gasteiger charge is 2.25. The van der Waals surface area contributed by atoms with Gasteiger partial charge in [-0.25, -0.2) is 4.98 Å². The van der Waals surface area contributed by atoms with E-state index in [1.54, 1.807) is 7.11 Å². The maximum absolute atomic E-state index is 13.7. The van der Waals surface area contributed by atoms with E-state index in [9.17, 15) is 4.79 Å². The number of nitrogens with zero attached hydrogens (tertiary/aromatic N) is 3. The van der Waals surface area contributed by atoms with Gasteiger partial charge in [0.25, 0.3) is 5.91 Å². The lowest BCUT2D eigenvalue weighted by Crippen LogP contribution is -2.48. The van der Waals surface area contributed by atoms with Crippen LogP contribution in [0.4, 0.5) is 5.69 Å². The van der Waals surface area contributed by atoms with Gasteiger partial charge in [0.1, 0.15) is 5.75 Å². The van der Waals surface area contributed by atoms with Gasteiger partial charge in [-0.1, -0.05) is 54.1 Å². The number of hydrogen-bond acceptors (Lipinski definition) is 4. The number of anilines is 1. The van der Waals surface area contributed by atoms with Crippen LogP contribution in [-0.2, 0) is 0 Å². The summed E-state index contributed by atoms with van der Waals surface area (Å²) in [6.07, 6.45) is 0. The number of amides is 1. The highest BCUT2D eigenvalue weighted by molar-refractivity contribution is 6.33. The fraction of sp³-hybridized carbons (Fsp3) is 0.185. The molecule has 0 atom stereocenters. The Morgan fingerprint density at radius 2 is 1.67 bits per heavy atom. The number of hydrogen-bond donors (Lipinski definition) is 0. The van der Waals surface area contributed by atoms with Crippen LogP contribution in [0, 0.1) is 0 Å². The molecule has 0 N–H and O–H groups in total. The molecule has 0 unspecified atom stereocenters. The summed E-state index contributed by atoms with van der Waals surface area (Å²) >= 11 is 6.44. The molecule has 1 amide bonds. The molecule has 1 saturated heterocycles. The van der Waals surface area contributed by atoms with Gasteiger partial charge in [-0.15, -0.1) is 0 Å². The van der Waals surface area contributed by atoms with Gasteiger partial charge >= 0.3 is 0 Å². The van der Waals surface area contributed by atoms with E-state index in [0.29, 0.717) is 29.4 Å². The number of halogens is 1. The fourth-order valence-electron chi connectivity index (χ4n) is 4.30. The van der Waals surface area contributed by atoms with E-state index in [-0.39, 0.29) is 5.91 Å². The molecule has 5 rings (SSSR count). The number of rotatable bonds is 4. The Labute approximate surface area is 198 Å². The Balaban J connectivity index is 1.43. The third-order valence-corrected chi connectivity index (χ3v) is 6.41. The summed E-state index contributed by atoms with van der Waals surface area (Å²) in [5.74, 6) is 0.855. The zero-order valence-electron chi connectivity index (χ0n) is 18.4. The molecule has 0 bridgehead atoms. The van der Waals surface area contributed by atoms with Crippen molar-refractivity contribution >= 4 is 34.1 Å². The lowest BCUT2D eigenvalue weighted by Gasteiger charge is -2.36. The van der Waals surface area contributed by atoms with Gasteiger partial charge < -0.3 is 14.5 Å². The van der Waals surface area contributed by atoms with Crippen LogP contribution in [0.5, 0.6) is 5.75 Å². The third kappa shape index (κ3) is 4.24. The average molecular weight is 458 g/mol. The molecule has 1 aliphatic rings. The molecule has 33 heavy (non-hydrogen) atoms. The van der Waals surface area contributed by atoms with Crippen molar-refractivity contribution in [2.24, 2.45) is 0 Å². The summed E-state index contributed by atoms with van der Waals surface area (Å²) in [5.41, 5.74) is 4.08. The molecule has 1 aromatic heterocycles. The monoisotopic (exact) mass is 457 g/mol. The van der Waals surface area contributed by atoms with Crippen LogP contribution >= 0.6 is 11.6 Å². The summed E-state index contributed by atoms with van der Waals surface area (Å²) in [6.45, 7) is 2.82. The molecule has 166 valence electrons. The van der Waals surface area contributed by atoms with Crippen LogP contribution in [0.3, 0.4) is 0 Å². The molecule has 6 heteroatoms. The molecule has 4 aromatic rings. The van der Waals surface area contributed by atoms with Crippen LogP contribution in [0.2, 0.25) is 5.02 Å². The molecule has 0 saturated carbocycles. The second-order valence-corrected chi connectivity index (χ2v) is 8.44. The van der Waals surface area contributed by atoms with Gasteiger partial charge in [-0.3, -0.25) is 4.79 Å². The Morgan fingerprint density at radius 3 is 2.45 bits per heavy atom. The van der Waals surface area contributed by atoms with Crippen molar-refractivity contribution in [3.05, 3.63) is 89.4 Å². The average Bonchev–Trinajstić information content (AvgIpc) is 2.88. The van der Waals surface area contributed by atoms with E-state index in [2.05, 4.69) is 11.0 Å². The fourth-order valence-corrected chi connectivity index (χ4v) is 4.54. The maximum Gasteiger partial charge on any atom is 0.254 e. The number of pyridine rings is 1. The van der Waals surface area contributed by atoms with E-state index < -0.39 is 0 Å². The third-order valence-electron chi connectivity index (χ3n) is 6.08. The molecule has 5 nitrogen and oxygen atoms in total.